The van der Waals surface area contributed by atoms with Gasteiger partial charge in [0.15, 0.2) is 23.1 Å². The third kappa shape index (κ3) is 5.63. The Morgan fingerprint density at radius 1 is 0.375 bits per heavy atom. The molecular weight excluding hydrogens is 705 g/mol. The minimum atomic E-state index is 0.628. The molecular formula is C50H30N4OS. The quantitative estimate of drug-likeness (QED) is 0.170. The van der Waals surface area contributed by atoms with Crippen LogP contribution in [0, 0.1) is 0 Å². The fourth-order valence-electron chi connectivity index (χ4n) is 7.65. The van der Waals surface area contributed by atoms with E-state index in [1.54, 1.807) is 11.3 Å². The van der Waals surface area contributed by atoms with E-state index in [2.05, 4.69) is 115 Å². The minimum Gasteiger partial charge on any atom is -0.436 e. The van der Waals surface area contributed by atoms with Crippen molar-refractivity contribution in [3.63, 3.8) is 0 Å². The molecule has 11 aromatic rings. The molecule has 0 spiro atoms. The van der Waals surface area contributed by atoms with Crippen LogP contribution < -0.4 is 0 Å². The van der Waals surface area contributed by atoms with E-state index in [-0.39, 0.29) is 0 Å². The monoisotopic (exact) mass is 734 g/mol. The number of benzene rings is 8. The van der Waals surface area contributed by atoms with Gasteiger partial charge in [-0.3, -0.25) is 0 Å². The summed E-state index contributed by atoms with van der Waals surface area (Å²) in [5.41, 5.74) is 10.0. The second kappa shape index (κ2) is 13.2. The van der Waals surface area contributed by atoms with Crippen molar-refractivity contribution in [2.45, 2.75) is 0 Å². The molecule has 0 saturated carbocycles. The number of oxazole rings is 1. The fourth-order valence-corrected chi connectivity index (χ4v) is 8.80. The van der Waals surface area contributed by atoms with E-state index in [4.69, 9.17) is 24.4 Å². The zero-order valence-corrected chi connectivity index (χ0v) is 30.7. The molecule has 0 aliphatic carbocycles. The molecule has 6 heteroatoms. The number of aromatic nitrogens is 4. The van der Waals surface area contributed by atoms with Gasteiger partial charge in [0.05, 0.1) is 0 Å². The minimum absolute atomic E-state index is 0.628. The van der Waals surface area contributed by atoms with Crippen molar-refractivity contribution in [1.29, 1.82) is 0 Å². The third-order valence-electron chi connectivity index (χ3n) is 10.4. The Kier molecular flexibility index (Phi) is 7.60. The van der Waals surface area contributed by atoms with E-state index in [0.717, 1.165) is 55.3 Å². The van der Waals surface area contributed by atoms with Crippen LogP contribution in [-0.2, 0) is 0 Å². The lowest BCUT2D eigenvalue weighted by Gasteiger charge is -2.12. The normalized spacial score (nSPS) is 11.6. The summed E-state index contributed by atoms with van der Waals surface area (Å²) in [4.78, 5) is 20.0. The molecule has 0 unspecified atom stereocenters. The first-order chi connectivity index (χ1) is 27.7. The zero-order valence-electron chi connectivity index (χ0n) is 29.9. The Morgan fingerprint density at radius 2 is 0.982 bits per heavy atom. The summed E-state index contributed by atoms with van der Waals surface area (Å²) < 4.78 is 8.74. The highest BCUT2D eigenvalue weighted by Crippen LogP contribution is 2.44. The van der Waals surface area contributed by atoms with E-state index in [1.165, 1.54) is 31.3 Å². The lowest BCUT2D eigenvalue weighted by atomic mass is 9.94. The first kappa shape index (κ1) is 32.2. The van der Waals surface area contributed by atoms with Crippen LogP contribution in [0.5, 0.6) is 0 Å². The largest absolute Gasteiger partial charge is 0.436 e. The molecule has 0 saturated heterocycles. The topological polar surface area (TPSA) is 64.7 Å². The van der Waals surface area contributed by atoms with Gasteiger partial charge in [-0.05, 0) is 75.5 Å². The highest BCUT2D eigenvalue weighted by atomic mass is 32.1. The van der Waals surface area contributed by atoms with Gasteiger partial charge in [0.1, 0.15) is 5.52 Å². The molecule has 262 valence electrons. The molecule has 56 heavy (non-hydrogen) atoms. The maximum Gasteiger partial charge on any atom is 0.227 e. The molecule has 5 nitrogen and oxygen atoms in total. The van der Waals surface area contributed by atoms with Crippen molar-refractivity contribution in [2.24, 2.45) is 0 Å². The molecule has 0 aliphatic heterocycles. The van der Waals surface area contributed by atoms with Crippen LogP contribution in [0.2, 0.25) is 0 Å². The third-order valence-corrected chi connectivity index (χ3v) is 11.5. The SMILES string of the molecule is c1ccc(-c2cccc(-c3nc(-c4ccccc4)nc(-c4ccc5c(-c6cccc7sc8cc9nc(-c%10ccccc%10)oc9cc8c67)cccc5c4)n3)c2)cc1. The van der Waals surface area contributed by atoms with Gasteiger partial charge in [-0.15, -0.1) is 11.3 Å². The van der Waals surface area contributed by atoms with Crippen molar-refractivity contribution in [1.82, 2.24) is 19.9 Å². The van der Waals surface area contributed by atoms with Crippen molar-refractivity contribution in [3.05, 3.63) is 182 Å². The van der Waals surface area contributed by atoms with Gasteiger partial charge < -0.3 is 4.42 Å². The van der Waals surface area contributed by atoms with Crippen LogP contribution in [0.3, 0.4) is 0 Å². The molecule has 0 radical (unpaired) electrons. The van der Waals surface area contributed by atoms with Crippen LogP contribution in [-0.4, -0.2) is 19.9 Å². The molecule has 3 heterocycles. The maximum absolute atomic E-state index is 6.33. The van der Waals surface area contributed by atoms with Crippen LogP contribution in [0.25, 0.3) is 110 Å². The second-order valence-corrected chi connectivity index (χ2v) is 14.9. The standard InChI is InChI=1S/C50H30N4OS/c1-4-13-31(14-5-1)34-19-10-21-36(27-34)48-52-47(32-15-6-2-7-16-32)53-49(54-48)37-25-26-38-35(28-37)20-11-22-39(38)40-23-12-24-44-46(40)41-29-43-42(30-45(41)56-44)51-50(55-43)33-17-8-3-9-18-33/h1-30H. The number of hydrogen-bond acceptors (Lipinski definition) is 6. The van der Waals surface area contributed by atoms with Crippen molar-refractivity contribution >= 4 is 53.4 Å². The molecule has 0 N–H and O–H groups in total. The molecule has 0 aliphatic rings. The molecule has 0 bridgehead atoms. The Balaban J connectivity index is 1.03. The number of fused-ring (bicyclic) bond motifs is 5. The molecule has 0 fully saturated rings. The summed E-state index contributed by atoms with van der Waals surface area (Å²) in [5, 5.41) is 4.65. The highest BCUT2D eigenvalue weighted by Gasteiger charge is 2.18. The molecule has 8 aromatic carbocycles. The lowest BCUT2D eigenvalue weighted by molar-refractivity contribution is 0.620. The maximum atomic E-state index is 6.33. The van der Waals surface area contributed by atoms with Gasteiger partial charge in [0.25, 0.3) is 0 Å². The summed E-state index contributed by atoms with van der Waals surface area (Å²) in [7, 11) is 0. The predicted octanol–water partition coefficient (Wildman–Crippen LogP) is 13.5. The number of hydrogen-bond donors (Lipinski definition) is 0. The highest BCUT2D eigenvalue weighted by molar-refractivity contribution is 7.26. The van der Waals surface area contributed by atoms with E-state index in [1.807, 2.05) is 66.7 Å². The van der Waals surface area contributed by atoms with Crippen molar-refractivity contribution in [3.8, 4) is 67.9 Å². The summed E-state index contributed by atoms with van der Waals surface area (Å²) in [6.07, 6.45) is 0. The first-order valence-corrected chi connectivity index (χ1v) is 19.4. The Labute approximate surface area is 326 Å². The molecule has 0 amide bonds. The average molecular weight is 735 g/mol. The first-order valence-electron chi connectivity index (χ1n) is 18.5. The Hall–Kier alpha value is -7.28. The summed E-state index contributed by atoms with van der Waals surface area (Å²) >= 11 is 1.79. The van der Waals surface area contributed by atoms with Gasteiger partial charge in [-0.1, -0.05) is 140 Å². The summed E-state index contributed by atoms with van der Waals surface area (Å²) in [6, 6.07) is 62.9. The summed E-state index contributed by atoms with van der Waals surface area (Å²) in [5.74, 6) is 2.53. The van der Waals surface area contributed by atoms with Crippen LogP contribution in [0.1, 0.15) is 0 Å². The lowest BCUT2D eigenvalue weighted by Crippen LogP contribution is -2.00. The Morgan fingerprint density at radius 3 is 1.75 bits per heavy atom. The zero-order chi connectivity index (χ0) is 37.0. The van der Waals surface area contributed by atoms with E-state index >= 15 is 0 Å². The van der Waals surface area contributed by atoms with Gasteiger partial charge in [-0.2, -0.15) is 0 Å². The van der Waals surface area contributed by atoms with Crippen LogP contribution >= 0.6 is 11.3 Å². The molecule has 11 rings (SSSR count). The molecule has 3 aromatic heterocycles. The van der Waals surface area contributed by atoms with Gasteiger partial charge in [-0.25, -0.2) is 19.9 Å². The smallest absolute Gasteiger partial charge is 0.227 e. The number of rotatable bonds is 6. The van der Waals surface area contributed by atoms with Crippen LogP contribution in [0.15, 0.2) is 186 Å². The number of nitrogens with zero attached hydrogens (tertiary/aromatic N) is 4. The van der Waals surface area contributed by atoms with Crippen molar-refractivity contribution < 1.29 is 4.42 Å². The second-order valence-electron chi connectivity index (χ2n) is 13.8. The number of thiophene rings is 1. The van der Waals surface area contributed by atoms with Crippen molar-refractivity contribution in [2.75, 3.05) is 0 Å². The molecule has 0 atom stereocenters. The average Bonchev–Trinajstić information content (AvgIpc) is 3.86. The summed E-state index contributed by atoms with van der Waals surface area (Å²) in [6.45, 7) is 0. The van der Waals surface area contributed by atoms with Gasteiger partial charge in [0.2, 0.25) is 5.89 Å². The van der Waals surface area contributed by atoms with E-state index < -0.39 is 0 Å². The Bertz CT molecular complexity index is 3250. The van der Waals surface area contributed by atoms with E-state index in [9.17, 15) is 0 Å². The van der Waals surface area contributed by atoms with Gasteiger partial charge in [0, 0.05) is 42.4 Å². The van der Waals surface area contributed by atoms with Crippen LogP contribution in [0.4, 0.5) is 0 Å². The fraction of sp³-hybridized carbons (Fsp3) is 0. The van der Waals surface area contributed by atoms with Gasteiger partial charge >= 0.3 is 0 Å². The van der Waals surface area contributed by atoms with E-state index in [0.29, 0.717) is 23.4 Å². The predicted molar refractivity (Wildman–Crippen MR) is 230 cm³/mol.